The van der Waals surface area contributed by atoms with Gasteiger partial charge in [-0.25, -0.2) is 0 Å². The van der Waals surface area contributed by atoms with Crippen molar-refractivity contribution in [2.24, 2.45) is 5.92 Å². The van der Waals surface area contributed by atoms with Crippen molar-refractivity contribution >= 4 is 23.2 Å². The molecule has 0 amide bonds. The molecule has 1 nitrogen and oxygen atoms in total. The van der Waals surface area contributed by atoms with Crippen LogP contribution < -0.4 is 0 Å². The second-order valence-corrected chi connectivity index (χ2v) is 4.90. The molecule has 0 aliphatic rings. The molecule has 84 valence electrons. The summed E-state index contributed by atoms with van der Waals surface area (Å²) >= 11 is 12.0. The molecule has 0 saturated carbocycles. The van der Waals surface area contributed by atoms with Crippen LogP contribution in [0.15, 0.2) is 18.2 Å². The predicted octanol–water partition coefficient (Wildman–Crippen LogP) is 4.25. The third-order valence-corrected chi connectivity index (χ3v) is 3.45. The summed E-state index contributed by atoms with van der Waals surface area (Å²) in [6.07, 6.45) is 0.616. The molecule has 3 heteroatoms. The molecule has 0 fully saturated rings. The minimum atomic E-state index is -0.901. The average Bonchev–Trinajstić information content (AvgIpc) is 2.20. The standard InChI is InChI=1S/C12H16Cl2O/c1-4-12(15,8(2)3)10-7-9(13)5-6-11(10)14/h5-8,15H,4H2,1-3H3. The second kappa shape index (κ2) is 4.73. The Hall–Kier alpha value is -0.240. The topological polar surface area (TPSA) is 20.2 Å². The molecule has 0 bridgehead atoms. The van der Waals surface area contributed by atoms with Crippen molar-refractivity contribution in [1.29, 1.82) is 0 Å². The fourth-order valence-corrected chi connectivity index (χ4v) is 2.19. The van der Waals surface area contributed by atoms with E-state index in [1.807, 2.05) is 20.8 Å². The van der Waals surface area contributed by atoms with E-state index in [2.05, 4.69) is 0 Å². The molecule has 0 spiro atoms. The van der Waals surface area contributed by atoms with Crippen LogP contribution in [-0.4, -0.2) is 5.11 Å². The third kappa shape index (κ3) is 2.47. The van der Waals surface area contributed by atoms with Crippen molar-refractivity contribution in [2.45, 2.75) is 32.8 Å². The summed E-state index contributed by atoms with van der Waals surface area (Å²) < 4.78 is 0. The Bertz CT molecular complexity index is 349. The van der Waals surface area contributed by atoms with E-state index < -0.39 is 5.60 Å². The lowest BCUT2D eigenvalue weighted by Crippen LogP contribution is -2.31. The van der Waals surface area contributed by atoms with Gasteiger partial charge in [0.05, 0.1) is 5.60 Å². The summed E-state index contributed by atoms with van der Waals surface area (Å²) in [5.41, 5.74) is -0.184. The fourth-order valence-electron chi connectivity index (χ4n) is 1.74. The highest BCUT2D eigenvalue weighted by Crippen LogP contribution is 2.38. The zero-order valence-electron chi connectivity index (χ0n) is 9.22. The van der Waals surface area contributed by atoms with Crippen LogP contribution >= 0.6 is 23.2 Å². The second-order valence-electron chi connectivity index (χ2n) is 4.06. The molecule has 1 rings (SSSR count). The fraction of sp³-hybridized carbons (Fsp3) is 0.500. The van der Waals surface area contributed by atoms with Crippen LogP contribution in [0, 0.1) is 5.92 Å². The summed E-state index contributed by atoms with van der Waals surface area (Å²) in [4.78, 5) is 0. The van der Waals surface area contributed by atoms with Gasteiger partial charge in [-0.05, 0) is 30.5 Å². The van der Waals surface area contributed by atoms with Crippen LogP contribution in [0.4, 0.5) is 0 Å². The van der Waals surface area contributed by atoms with Crippen molar-refractivity contribution < 1.29 is 5.11 Å². The quantitative estimate of drug-likeness (QED) is 0.846. The highest BCUT2D eigenvalue weighted by Gasteiger charge is 2.33. The predicted molar refractivity (Wildman–Crippen MR) is 65.5 cm³/mol. The number of hydrogen-bond donors (Lipinski definition) is 1. The number of halogens is 2. The van der Waals surface area contributed by atoms with Gasteiger partial charge in [-0.15, -0.1) is 0 Å². The lowest BCUT2D eigenvalue weighted by molar-refractivity contribution is -0.0139. The Morgan fingerprint density at radius 2 is 1.93 bits per heavy atom. The first-order valence-electron chi connectivity index (χ1n) is 5.09. The first kappa shape index (κ1) is 12.8. The lowest BCUT2D eigenvalue weighted by Gasteiger charge is -2.32. The normalized spacial score (nSPS) is 15.4. The first-order chi connectivity index (χ1) is 6.91. The molecule has 0 aromatic heterocycles. The minimum absolute atomic E-state index is 0.0958. The molecule has 1 atom stereocenters. The maximum Gasteiger partial charge on any atom is 0.0931 e. The largest absolute Gasteiger partial charge is 0.385 e. The number of rotatable bonds is 3. The molecule has 15 heavy (non-hydrogen) atoms. The van der Waals surface area contributed by atoms with Crippen LogP contribution in [0.1, 0.15) is 32.8 Å². The Morgan fingerprint density at radius 1 is 1.33 bits per heavy atom. The van der Waals surface area contributed by atoms with Gasteiger partial charge >= 0.3 is 0 Å². The van der Waals surface area contributed by atoms with Gasteiger partial charge in [0.1, 0.15) is 0 Å². The first-order valence-corrected chi connectivity index (χ1v) is 5.85. The minimum Gasteiger partial charge on any atom is -0.385 e. The third-order valence-electron chi connectivity index (χ3n) is 2.89. The zero-order valence-corrected chi connectivity index (χ0v) is 10.7. The summed E-state index contributed by atoms with van der Waals surface area (Å²) in [6.45, 7) is 5.89. The summed E-state index contributed by atoms with van der Waals surface area (Å²) in [5.74, 6) is 0.0958. The Balaban J connectivity index is 3.29. The van der Waals surface area contributed by atoms with Crippen molar-refractivity contribution in [3.05, 3.63) is 33.8 Å². The van der Waals surface area contributed by atoms with Crippen LogP contribution in [0.25, 0.3) is 0 Å². The molecule has 1 unspecified atom stereocenters. The van der Waals surface area contributed by atoms with Gasteiger partial charge < -0.3 is 5.11 Å². The van der Waals surface area contributed by atoms with Gasteiger partial charge in [-0.3, -0.25) is 0 Å². The van der Waals surface area contributed by atoms with Crippen LogP contribution in [0.5, 0.6) is 0 Å². The van der Waals surface area contributed by atoms with E-state index in [9.17, 15) is 5.11 Å². The van der Waals surface area contributed by atoms with Crippen molar-refractivity contribution in [3.63, 3.8) is 0 Å². The number of aliphatic hydroxyl groups is 1. The summed E-state index contributed by atoms with van der Waals surface area (Å²) in [5, 5.41) is 11.7. The van der Waals surface area contributed by atoms with E-state index in [1.165, 1.54) is 0 Å². The monoisotopic (exact) mass is 246 g/mol. The van der Waals surface area contributed by atoms with Crippen molar-refractivity contribution in [2.75, 3.05) is 0 Å². The zero-order chi connectivity index (χ0) is 11.6. The molecule has 1 aromatic carbocycles. The SMILES string of the molecule is CCC(O)(c1cc(Cl)ccc1Cl)C(C)C. The molecular formula is C12H16Cl2O. The van der Waals surface area contributed by atoms with Gasteiger partial charge in [0.25, 0.3) is 0 Å². The summed E-state index contributed by atoms with van der Waals surface area (Å²) in [7, 11) is 0. The van der Waals surface area contributed by atoms with Gasteiger partial charge in [-0.1, -0.05) is 44.0 Å². The Morgan fingerprint density at radius 3 is 2.40 bits per heavy atom. The molecule has 0 saturated heterocycles. The molecule has 1 N–H and O–H groups in total. The van der Waals surface area contributed by atoms with E-state index in [1.54, 1.807) is 18.2 Å². The molecule has 0 aliphatic carbocycles. The van der Waals surface area contributed by atoms with E-state index >= 15 is 0 Å². The lowest BCUT2D eigenvalue weighted by atomic mass is 9.81. The molecule has 0 radical (unpaired) electrons. The Kier molecular flexibility index (Phi) is 4.05. The van der Waals surface area contributed by atoms with E-state index in [-0.39, 0.29) is 5.92 Å². The van der Waals surface area contributed by atoms with Crippen molar-refractivity contribution in [1.82, 2.24) is 0 Å². The maximum atomic E-state index is 10.5. The van der Waals surface area contributed by atoms with Gasteiger partial charge in [-0.2, -0.15) is 0 Å². The van der Waals surface area contributed by atoms with Gasteiger partial charge in [0.2, 0.25) is 0 Å². The maximum absolute atomic E-state index is 10.5. The van der Waals surface area contributed by atoms with Crippen LogP contribution in [-0.2, 0) is 5.60 Å². The smallest absolute Gasteiger partial charge is 0.0931 e. The number of benzene rings is 1. The Labute approximate surface area is 101 Å². The molecule has 0 heterocycles. The van der Waals surface area contributed by atoms with Gasteiger partial charge in [0.15, 0.2) is 0 Å². The number of hydrogen-bond acceptors (Lipinski definition) is 1. The molecule has 1 aromatic rings. The van der Waals surface area contributed by atoms with Gasteiger partial charge in [0, 0.05) is 15.6 Å². The summed E-state index contributed by atoms with van der Waals surface area (Å²) in [6, 6.07) is 5.19. The molecular weight excluding hydrogens is 231 g/mol. The van der Waals surface area contributed by atoms with Crippen LogP contribution in [0.3, 0.4) is 0 Å². The highest BCUT2D eigenvalue weighted by molar-refractivity contribution is 6.33. The highest BCUT2D eigenvalue weighted by atomic mass is 35.5. The van der Waals surface area contributed by atoms with E-state index in [0.717, 1.165) is 0 Å². The van der Waals surface area contributed by atoms with Crippen molar-refractivity contribution in [3.8, 4) is 0 Å². The molecule has 0 aliphatic heterocycles. The van der Waals surface area contributed by atoms with E-state index in [0.29, 0.717) is 22.0 Å². The average molecular weight is 247 g/mol. The van der Waals surface area contributed by atoms with Crippen LogP contribution in [0.2, 0.25) is 10.0 Å². The van der Waals surface area contributed by atoms with E-state index in [4.69, 9.17) is 23.2 Å².